The molecule has 1 unspecified atom stereocenters. The van der Waals surface area contributed by atoms with E-state index in [-0.39, 0.29) is 0 Å². The van der Waals surface area contributed by atoms with Gasteiger partial charge in [-0.25, -0.2) is 0 Å². The number of nitrogens with one attached hydrogen (secondary N) is 2. The van der Waals surface area contributed by atoms with E-state index in [0.29, 0.717) is 6.54 Å². The first-order valence-electron chi connectivity index (χ1n) is 7.76. The lowest BCUT2D eigenvalue weighted by Gasteiger charge is -2.21. The minimum atomic E-state index is -0.818. The fourth-order valence-corrected chi connectivity index (χ4v) is 4.07. The van der Waals surface area contributed by atoms with E-state index in [1.54, 1.807) is 6.20 Å². The Bertz CT molecular complexity index is 842. The van der Waals surface area contributed by atoms with Crippen LogP contribution in [0.1, 0.15) is 23.4 Å². The van der Waals surface area contributed by atoms with Crippen LogP contribution in [0.15, 0.2) is 34.9 Å². The Morgan fingerprint density at radius 3 is 3.04 bits per heavy atom. The Balaban J connectivity index is 1.54. The number of aromatic amines is 2. The maximum Gasteiger partial charge on any atom is 0.120 e. The molecule has 1 atom stereocenters. The van der Waals surface area contributed by atoms with Gasteiger partial charge in [-0.3, -0.25) is 10.00 Å². The summed E-state index contributed by atoms with van der Waals surface area (Å²) in [5, 5.41) is 18.9. The molecular weight excluding hydrogens is 356 g/mol. The molecule has 2 aromatic heterocycles. The second-order valence-corrected chi connectivity index (χ2v) is 7.36. The molecule has 0 aliphatic carbocycles. The number of likely N-dealkylation sites (tertiary alicyclic amines) is 1. The van der Waals surface area contributed by atoms with Gasteiger partial charge in [0.2, 0.25) is 0 Å². The molecule has 23 heavy (non-hydrogen) atoms. The second kappa shape index (κ2) is 5.47. The summed E-state index contributed by atoms with van der Waals surface area (Å²) < 4.78 is 1.09. The van der Waals surface area contributed by atoms with Gasteiger partial charge in [0, 0.05) is 46.9 Å². The molecule has 0 saturated carbocycles. The van der Waals surface area contributed by atoms with Gasteiger partial charge in [-0.05, 0) is 43.2 Å². The molecule has 0 radical (unpaired) electrons. The number of hydrogen-bond acceptors (Lipinski definition) is 3. The zero-order chi connectivity index (χ0) is 16.0. The zero-order valence-corrected chi connectivity index (χ0v) is 14.5. The number of rotatable bonds is 3. The molecule has 1 fully saturated rings. The quantitative estimate of drug-likeness (QED) is 0.659. The number of hydrogen-bond donors (Lipinski definition) is 3. The van der Waals surface area contributed by atoms with Gasteiger partial charge in [0.05, 0.1) is 5.69 Å². The van der Waals surface area contributed by atoms with Crippen molar-refractivity contribution < 1.29 is 5.11 Å². The minimum Gasteiger partial charge on any atom is -0.382 e. The molecule has 4 rings (SSSR count). The second-order valence-electron chi connectivity index (χ2n) is 6.44. The summed E-state index contributed by atoms with van der Waals surface area (Å²) in [6.07, 6.45) is 2.41. The first-order valence-corrected chi connectivity index (χ1v) is 8.55. The Labute approximate surface area is 142 Å². The van der Waals surface area contributed by atoms with E-state index in [1.165, 1.54) is 16.6 Å². The number of fused-ring (bicyclic) bond motifs is 1. The van der Waals surface area contributed by atoms with Crippen LogP contribution in [-0.2, 0) is 12.1 Å². The SMILES string of the molecule is Cc1cc(Br)cc2[nH]c(CN3CCC(O)(c4ccn[nH]4)C3)cc12. The normalized spacial score (nSPS) is 22.2. The third-order valence-corrected chi connectivity index (χ3v) is 5.15. The van der Waals surface area contributed by atoms with Crippen LogP contribution in [0.25, 0.3) is 10.9 Å². The van der Waals surface area contributed by atoms with E-state index in [1.807, 2.05) is 6.07 Å². The lowest BCUT2D eigenvalue weighted by molar-refractivity contribution is 0.0408. The summed E-state index contributed by atoms with van der Waals surface area (Å²) in [5.74, 6) is 0. The van der Waals surface area contributed by atoms with E-state index in [2.05, 4.69) is 61.1 Å². The predicted octanol–water partition coefficient (Wildman–Crippen LogP) is 3.06. The van der Waals surface area contributed by atoms with Crippen LogP contribution in [0.2, 0.25) is 0 Å². The molecule has 1 aliphatic heterocycles. The van der Waals surface area contributed by atoms with Crippen LogP contribution in [0.3, 0.4) is 0 Å². The molecule has 6 heteroatoms. The molecular formula is C17H19BrN4O. The Morgan fingerprint density at radius 2 is 2.26 bits per heavy atom. The van der Waals surface area contributed by atoms with Crippen LogP contribution in [0.4, 0.5) is 0 Å². The summed E-state index contributed by atoms with van der Waals surface area (Å²) >= 11 is 3.54. The molecule has 3 heterocycles. The first-order chi connectivity index (χ1) is 11.0. The molecule has 0 amide bonds. The third kappa shape index (κ3) is 2.71. The fraction of sp³-hybridized carbons (Fsp3) is 0.353. The number of H-pyrrole nitrogens is 2. The molecule has 120 valence electrons. The van der Waals surface area contributed by atoms with Crippen molar-refractivity contribution in [2.75, 3.05) is 13.1 Å². The minimum absolute atomic E-state index is 0.618. The lowest BCUT2D eigenvalue weighted by Crippen LogP contribution is -2.31. The van der Waals surface area contributed by atoms with Crippen LogP contribution < -0.4 is 0 Å². The molecule has 3 N–H and O–H groups in total. The van der Waals surface area contributed by atoms with E-state index in [9.17, 15) is 5.11 Å². The average molecular weight is 375 g/mol. The Hall–Kier alpha value is -1.63. The van der Waals surface area contributed by atoms with Crippen molar-refractivity contribution in [3.63, 3.8) is 0 Å². The molecule has 1 saturated heterocycles. The number of β-amino-alcohol motifs (C(OH)–C–C–N with tert-alkyl or cyclic N) is 1. The highest BCUT2D eigenvalue weighted by atomic mass is 79.9. The summed E-state index contributed by atoms with van der Waals surface area (Å²) in [6, 6.07) is 8.31. The number of aliphatic hydroxyl groups is 1. The van der Waals surface area contributed by atoms with Gasteiger partial charge in [0.15, 0.2) is 0 Å². The van der Waals surface area contributed by atoms with Crippen LogP contribution in [0, 0.1) is 6.92 Å². The average Bonchev–Trinajstić information content (AvgIpc) is 3.19. The van der Waals surface area contributed by atoms with Gasteiger partial charge < -0.3 is 10.1 Å². The van der Waals surface area contributed by atoms with Crippen molar-refractivity contribution in [1.29, 1.82) is 0 Å². The maximum absolute atomic E-state index is 10.8. The Morgan fingerprint density at radius 1 is 1.39 bits per heavy atom. The summed E-state index contributed by atoms with van der Waals surface area (Å²) in [6.45, 7) is 4.42. The maximum atomic E-state index is 10.8. The first kappa shape index (κ1) is 14.9. The van der Waals surface area contributed by atoms with Crippen LogP contribution >= 0.6 is 15.9 Å². The Kier molecular flexibility index (Phi) is 3.55. The lowest BCUT2D eigenvalue weighted by atomic mass is 9.99. The van der Waals surface area contributed by atoms with Gasteiger partial charge >= 0.3 is 0 Å². The molecule has 1 aromatic carbocycles. The molecule has 0 spiro atoms. The topological polar surface area (TPSA) is 67.9 Å². The largest absolute Gasteiger partial charge is 0.382 e. The highest BCUT2D eigenvalue weighted by molar-refractivity contribution is 9.10. The highest BCUT2D eigenvalue weighted by Crippen LogP contribution is 2.32. The van der Waals surface area contributed by atoms with Crippen molar-refractivity contribution in [3.8, 4) is 0 Å². The van der Waals surface area contributed by atoms with Crippen molar-refractivity contribution in [2.45, 2.75) is 25.5 Å². The number of aromatic nitrogens is 3. The van der Waals surface area contributed by atoms with Crippen molar-refractivity contribution in [1.82, 2.24) is 20.1 Å². The number of aryl methyl sites for hydroxylation is 1. The van der Waals surface area contributed by atoms with E-state index >= 15 is 0 Å². The summed E-state index contributed by atoms with van der Waals surface area (Å²) in [4.78, 5) is 5.77. The number of halogens is 1. The third-order valence-electron chi connectivity index (χ3n) is 4.69. The molecule has 1 aliphatic rings. The van der Waals surface area contributed by atoms with Gasteiger partial charge in [-0.15, -0.1) is 0 Å². The predicted molar refractivity (Wildman–Crippen MR) is 93.1 cm³/mol. The van der Waals surface area contributed by atoms with Gasteiger partial charge in [0.1, 0.15) is 5.60 Å². The number of benzene rings is 1. The van der Waals surface area contributed by atoms with E-state index in [4.69, 9.17) is 0 Å². The van der Waals surface area contributed by atoms with Gasteiger partial charge in [0.25, 0.3) is 0 Å². The standard InChI is InChI=1S/C17H19BrN4O/c1-11-6-12(18)7-15-14(11)8-13(20-15)9-22-5-3-17(23,10-22)16-2-4-19-21-16/h2,4,6-8,20,23H,3,5,9-10H2,1H3,(H,19,21). The summed E-state index contributed by atoms with van der Waals surface area (Å²) in [5.41, 5.74) is 3.57. The molecule has 0 bridgehead atoms. The fourth-order valence-electron chi connectivity index (χ4n) is 3.50. The van der Waals surface area contributed by atoms with Crippen molar-refractivity contribution in [3.05, 3.63) is 51.9 Å². The number of nitrogens with zero attached hydrogens (tertiary/aromatic N) is 2. The van der Waals surface area contributed by atoms with Gasteiger partial charge in [-0.1, -0.05) is 15.9 Å². The van der Waals surface area contributed by atoms with E-state index < -0.39 is 5.60 Å². The monoisotopic (exact) mass is 374 g/mol. The highest BCUT2D eigenvalue weighted by Gasteiger charge is 2.38. The van der Waals surface area contributed by atoms with Gasteiger partial charge in [-0.2, -0.15) is 5.10 Å². The van der Waals surface area contributed by atoms with Crippen LogP contribution in [-0.4, -0.2) is 38.3 Å². The van der Waals surface area contributed by atoms with Crippen LogP contribution in [0.5, 0.6) is 0 Å². The smallest absolute Gasteiger partial charge is 0.120 e. The van der Waals surface area contributed by atoms with E-state index in [0.717, 1.165) is 35.2 Å². The van der Waals surface area contributed by atoms with Crippen molar-refractivity contribution >= 4 is 26.8 Å². The molecule has 3 aromatic rings. The zero-order valence-electron chi connectivity index (χ0n) is 12.9. The van der Waals surface area contributed by atoms with Crippen molar-refractivity contribution in [2.24, 2.45) is 0 Å². The summed E-state index contributed by atoms with van der Waals surface area (Å²) in [7, 11) is 0. The molecule has 5 nitrogen and oxygen atoms in total.